The maximum Gasteiger partial charge on any atom is 0.140 e. The minimum absolute atomic E-state index is 0.762. The molecule has 0 aromatic carbocycles. The first-order valence-electron chi connectivity index (χ1n) is 18.3. The number of ether oxygens (including phenoxy) is 2. The molecule has 9 heteroatoms. The fourth-order valence-electron chi connectivity index (χ4n) is 6.10. The summed E-state index contributed by atoms with van der Waals surface area (Å²) in [6.07, 6.45) is 33.2. The van der Waals surface area contributed by atoms with Gasteiger partial charge < -0.3 is 14.2 Å². The van der Waals surface area contributed by atoms with E-state index in [2.05, 4.69) is 85.2 Å². The average molecular weight is 829 g/mol. The van der Waals surface area contributed by atoms with Crippen molar-refractivity contribution < 1.29 is 9.47 Å². The Morgan fingerprint density at radius 3 is 1.53 bits per heavy atom. The van der Waals surface area contributed by atoms with Gasteiger partial charge in [-0.05, 0) is 56.9 Å². The summed E-state index contributed by atoms with van der Waals surface area (Å²) < 4.78 is 20.7. The minimum atomic E-state index is 0.762. The summed E-state index contributed by atoms with van der Waals surface area (Å²) in [6, 6.07) is 4.26. The maximum atomic E-state index is 6.39. The van der Waals surface area contributed by atoms with Crippen LogP contribution >= 0.6 is 66.7 Å². The van der Waals surface area contributed by atoms with Gasteiger partial charge in [-0.15, -0.1) is 22.7 Å². The van der Waals surface area contributed by atoms with Gasteiger partial charge in [-0.25, -0.2) is 0 Å². The van der Waals surface area contributed by atoms with Gasteiger partial charge in [0.15, 0.2) is 0 Å². The summed E-state index contributed by atoms with van der Waals surface area (Å²) in [6.45, 7) is 6.09. The van der Waals surface area contributed by atoms with E-state index in [9.17, 15) is 0 Å². The van der Waals surface area contributed by atoms with Crippen molar-refractivity contribution in [2.75, 3.05) is 13.2 Å². The SMILES string of the molecule is CCCCCCCCCCCCOc1cc(Br)sc1C1=CC=C(c2sc(Br)cc2OCCCCCCCCCCCC)N2SNC=C12. The Morgan fingerprint density at radius 1 is 0.574 bits per heavy atom. The lowest BCUT2D eigenvalue weighted by atomic mass is 10.1. The molecule has 0 unspecified atom stereocenters. The second kappa shape index (κ2) is 22.8. The molecule has 4 nitrogen and oxygen atoms in total. The van der Waals surface area contributed by atoms with Crippen molar-refractivity contribution in [1.29, 1.82) is 0 Å². The third-order valence-electron chi connectivity index (χ3n) is 8.79. The van der Waals surface area contributed by atoms with Crippen LogP contribution in [0.2, 0.25) is 0 Å². The van der Waals surface area contributed by atoms with E-state index in [4.69, 9.17) is 9.47 Å². The van der Waals surface area contributed by atoms with Crippen LogP contribution in [0.1, 0.15) is 152 Å². The Kier molecular flexibility index (Phi) is 18.9. The van der Waals surface area contributed by atoms with E-state index < -0.39 is 0 Å². The monoisotopic (exact) mass is 826 g/mol. The van der Waals surface area contributed by atoms with E-state index in [1.165, 1.54) is 126 Å². The Balaban J connectivity index is 1.27. The van der Waals surface area contributed by atoms with Gasteiger partial charge >= 0.3 is 0 Å². The van der Waals surface area contributed by atoms with Gasteiger partial charge in [-0.2, -0.15) is 0 Å². The van der Waals surface area contributed by atoms with E-state index in [0.717, 1.165) is 61.4 Å². The molecular weight excluding hydrogens is 772 g/mol. The molecule has 0 saturated carbocycles. The highest BCUT2D eigenvalue weighted by Crippen LogP contribution is 2.50. The number of rotatable bonds is 26. The second-order valence-electron chi connectivity index (χ2n) is 12.7. The maximum absolute atomic E-state index is 6.39. The van der Waals surface area contributed by atoms with Crippen molar-refractivity contribution >= 4 is 77.9 Å². The standard InChI is InChI=1S/C38H56Br2N2O2S3/c1-3-5-7-9-11-13-15-17-19-21-25-43-33-27-35(39)45-37(33)30-23-24-31(42-32(30)29-41-47-42)38-34(28-36(40)46-38)44-26-22-20-18-16-14-12-10-8-6-4-2/h23-24,27-29,41H,3-22,25-26H2,1-2H3. The molecule has 0 spiro atoms. The number of halogens is 2. The summed E-state index contributed by atoms with van der Waals surface area (Å²) in [7, 11) is 0. The molecule has 0 fully saturated rings. The summed E-state index contributed by atoms with van der Waals surface area (Å²) >= 11 is 12.6. The van der Waals surface area contributed by atoms with Gasteiger partial charge in [-0.1, -0.05) is 129 Å². The molecule has 2 aromatic heterocycles. The first kappa shape index (κ1) is 38.9. The van der Waals surface area contributed by atoms with Gasteiger partial charge in [0, 0.05) is 23.9 Å². The van der Waals surface area contributed by atoms with Crippen molar-refractivity contribution in [3.63, 3.8) is 0 Å². The molecule has 262 valence electrons. The van der Waals surface area contributed by atoms with Crippen molar-refractivity contribution in [2.24, 2.45) is 0 Å². The number of thiophene rings is 2. The number of hydrogen-bond donors (Lipinski definition) is 1. The fourth-order valence-corrected chi connectivity index (χ4v) is 10.0. The Bertz CT molecular complexity index is 1290. The predicted octanol–water partition coefficient (Wildman–Crippen LogP) is 14.7. The number of fused-ring (bicyclic) bond motifs is 1. The predicted molar refractivity (Wildman–Crippen MR) is 215 cm³/mol. The summed E-state index contributed by atoms with van der Waals surface area (Å²) in [4.78, 5) is 2.33. The van der Waals surface area contributed by atoms with Gasteiger partial charge in [0.1, 0.15) is 11.5 Å². The molecule has 0 saturated heterocycles. The highest BCUT2D eigenvalue weighted by Gasteiger charge is 2.32. The lowest BCUT2D eigenvalue weighted by Crippen LogP contribution is -2.15. The summed E-state index contributed by atoms with van der Waals surface area (Å²) in [5.74, 6) is 1.94. The lowest BCUT2D eigenvalue weighted by Gasteiger charge is -2.27. The normalized spacial score (nSPS) is 14.1. The van der Waals surface area contributed by atoms with Gasteiger partial charge in [-0.3, -0.25) is 4.31 Å². The zero-order valence-corrected chi connectivity index (χ0v) is 34.3. The molecule has 2 aliphatic heterocycles. The third-order valence-corrected chi connectivity index (χ3v) is 12.9. The molecule has 2 aromatic rings. The molecule has 0 atom stereocenters. The van der Waals surface area contributed by atoms with Gasteiger partial charge in [0.25, 0.3) is 0 Å². The van der Waals surface area contributed by atoms with E-state index in [0.29, 0.717) is 0 Å². The smallest absolute Gasteiger partial charge is 0.140 e. The van der Waals surface area contributed by atoms with Crippen molar-refractivity contribution in [3.8, 4) is 11.5 Å². The molecule has 2 aliphatic rings. The van der Waals surface area contributed by atoms with Crippen LogP contribution < -0.4 is 14.2 Å². The fraction of sp³-hybridized carbons (Fsp3) is 0.632. The van der Waals surface area contributed by atoms with E-state index in [-0.39, 0.29) is 0 Å². The van der Waals surface area contributed by atoms with Crippen LogP contribution in [0.5, 0.6) is 11.5 Å². The van der Waals surface area contributed by atoms with Crippen LogP contribution in [0, 0.1) is 0 Å². The van der Waals surface area contributed by atoms with Crippen LogP contribution in [0.15, 0.2) is 43.8 Å². The first-order valence-corrected chi connectivity index (χ1v) is 22.3. The van der Waals surface area contributed by atoms with E-state index >= 15 is 0 Å². The van der Waals surface area contributed by atoms with Crippen molar-refractivity contribution in [2.45, 2.75) is 142 Å². The Labute approximate surface area is 314 Å². The Morgan fingerprint density at radius 2 is 1.02 bits per heavy atom. The molecule has 0 aliphatic carbocycles. The first-order chi connectivity index (χ1) is 23.1. The number of nitrogens with zero attached hydrogens (tertiary/aromatic N) is 1. The van der Waals surface area contributed by atoms with Crippen molar-refractivity contribution in [1.82, 2.24) is 9.03 Å². The molecule has 0 amide bonds. The van der Waals surface area contributed by atoms with Crippen LogP contribution in [0.4, 0.5) is 0 Å². The molecular formula is C38H56Br2N2O2S3. The van der Waals surface area contributed by atoms with Crippen LogP contribution in [0.25, 0.3) is 11.3 Å². The zero-order chi connectivity index (χ0) is 33.1. The van der Waals surface area contributed by atoms with Crippen LogP contribution in [0.3, 0.4) is 0 Å². The number of nitrogens with one attached hydrogen (secondary N) is 1. The largest absolute Gasteiger partial charge is 0.492 e. The molecule has 47 heavy (non-hydrogen) atoms. The summed E-state index contributed by atoms with van der Waals surface area (Å²) in [5.41, 5.74) is 3.48. The number of allylic oxidation sites excluding steroid dienone is 3. The summed E-state index contributed by atoms with van der Waals surface area (Å²) in [5, 5.41) is 0. The molecule has 0 bridgehead atoms. The quantitative estimate of drug-likeness (QED) is 0.0755. The molecule has 0 radical (unpaired) electrons. The van der Waals surface area contributed by atoms with Gasteiger partial charge in [0.2, 0.25) is 0 Å². The van der Waals surface area contributed by atoms with Gasteiger partial charge in [0.05, 0.1) is 54.1 Å². The topological polar surface area (TPSA) is 33.7 Å². The van der Waals surface area contributed by atoms with E-state index in [1.54, 1.807) is 34.8 Å². The highest BCUT2D eigenvalue weighted by atomic mass is 79.9. The Hall–Kier alpha value is -0.870. The molecule has 4 heterocycles. The van der Waals surface area contributed by atoms with Crippen LogP contribution in [-0.4, -0.2) is 17.5 Å². The minimum Gasteiger partial charge on any atom is -0.492 e. The highest BCUT2D eigenvalue weighted by molar-refractivity contribution is 9.11. The average Bonchev–Trinajstić information content (AvgIpc) is 3.80. The number of hydrogen-bond acceptors (Lipinski definition) is 7. The molecule has 4 rings (SSSR count). The number of unbranched alkanes of at least 4 members (excludes halogenated alkanes) is 18. The molecule has 1 N–H and O–H groups in total. The lowest BCUT2D eigenvalue weighted by molar-refractivity contribution is 0.304. The van der Waals surface area contributed by atoms with E-state index in [1.807, 2.05) is 0 Å². The van der Waals surface area contributed by atoms with Crippen molar-refractivity contribution in [3.05, 3.63) is 53.5 Å². The second-order valence-corrected chi connectivity index (χ2v) is 18.4. The zero-order valence-electron chi connectivity index (χ0n) is 28.7. The third kappa shape index (κ3) is 13.1. The van der Waals surface area contributed by atoms with Crippen LogP contribution in [-0.2, 0) is 0 Å².